The Hall–Kier alpha value is -3.39. The second kappa shape index (κ2) is 10.5. The number of halogens is 1. The van der Waals surface area contributed by atoms with Crippen molar-refractivity contribution in [2.45, 2.75) is 52.8 Å². The highest BCUT2D eigenvalue weighted by molar-refractivity contribution is 8.16. The average molecular weight is 494 g/mol. The van der Waals surface area contributed by atoms with Crippen molar-refractivity contribution in [3.63, 3.8) is 0 Å². The van der Waals surface area contributed by atoms with Crippen LogP contribution in [0.2, 0.25) is 0 Å². The predicted octanol–water partition coefficient (Wildman–Crippen LogP) is 5.37. The topological polar surface area (TPSA) is 71.0 Å². The fourth-order valence-electron chi connectivity index (χ4n) is 4.13. The van der Waals surface area contributed by atoms with E-state index in [1.165, 1.54) is 17.8 Å². The molecule has 0 aliphatic carbocycles. The summed E-state index contributed by atoms with van der Waals surface area (Å²) in [5, 5.41) is 5.38. The van der Waals surface area contributed by atoms with E-state index in [0.29, 0.717) is 27.7 Å². The summed E-state index contributed by atoms with van der Waals surface area (Å²) in [6.07, 6.45) is -0.215. The molecule has 2 aliphatic heterocycles. The molecule has 0 saturated heterocycles. The summed E-state index contributed by atoms with van der Waals surface area (Å²) in [5.41, 5.74) is 4.15. The van der Waals surface area contributed by atoms with Gasteiger partial charge in [0, 0.05) is 17.8 Å². The average Bonchev–Trinajstić information content (AvgIpc) is 3.18. The van der Waals surface area contributed by atoms with E-state index in [1.54, 1.807) is 18.2 Å². The van der Waals surface area contributed by atoms with E-state index in [-0.39, 0.29) is 30.8 Å². The number of rotatable bonds is 7. The maximum atomic E-state index is 13.9. The molecule has 0 radical (unpaired) electrons. The van der Waals surface area contributed by atoms with Gasteiger partial charge in [-0.3, -0.25) is 4.79 Å². The first-order valence-corrected chi connectivity index (χ1v) is 12.3. The van der Waals surface area contributed by atoms with Crippen molar-refractivity contribution in [2.75, 3.05) is 0 Å². The molecule has 0 spiro atoms. The van der Waals surface area contributed by atoms with Crippen LogP contribution in [0.1, 0.15) is 49.9 Å². The first kappa shape index (κ1) is 24.7. The van der Waals surface area contributed by atoms with Gasteiger partial charge >= 0.3 is 5.97 Å². The van der Waals surface area contributed by atoms with E-state index in [9.17, 15) is 14.0 Å². The maximum Gasteiger partial charge on any atom is 0.338 e. The lowest BCUT2D eigenvalue weighted by atomic mass is 9.93. The molecule has 1 atom stereocenters. The van der Waals surface area contributed by atoms with Crippen LogP contribution in [-0.2, 0) is 20.9 Å². The van der Waals surface area contributed by atoms with Crippen molar-refractivity contribution in [3.05, 3.63) is 93.4 Å². The SMILES string of the molecule is CC1=C(C(=O)OC(C)C)[C@H](c2cccc(C)c2)N2C(CC(=O)NCc3ccccc3F)=CSC2=N1. The standard InChI is InChI=1S/C27H28FN3O3S/c1-16(2)34-26(33)24-18(4)30-27-31(25(24)19-10-7-8-17(3)12-19)21(15-35-27)13-23(32)29-14-20-9-5-6-11-22(20)28/h5-12,15-16,25H,13-14H2,1-4H3,(H,29,32)/t25-/m0/s1. The van der Waals surface area contributed by atoms with Gasteiger partial charge in [0.25, 0.3) is 0 Å². The number of esters is 1. The van der Waals surface area contributed by atoms with Crippen molar-refractivity contribution < 1.29 is 18.7 Å². The third kappa shape index (κ3) is 5.48. The minimum atomic E-state index is -0.478. The zero-order valence-corrected chi connectivity index (χ0v) is 21.0. The van der Waals surface area contributed by atoms with E-state index >= 15 is 0 Å². The van der Waals surface area contributed by atoms with Crippen LogP contribution in [0, 0.1) is 12.7 Å². The fourth-order valence-corrected chi connectivity index (χ4v) is 5.09. The van der Waals surface area contributed by atoms with Gasteiger partial charge in [0.05, 0.1) is 29.8 Å². The van der Waals surface area contributed by atoms with Gasteiger partial charge in [-0.15, -0.1) is 0 Å². The van der Waals surface area contributed by atoms with Crippen LogP contribution < -0.4 is 5.32 Å². The molecule has 0 bridgehead atoms. The van der Waals surface area contributed by atoms with Gasteiger partial charge in [0.1, 0.15) is 5.82 Å². The molecule has 4 rings (SSSR count). The number of amidine groups is 1. The molecule has 2 aromatic carbocycles. The second-order valence-corrected chi connectivity index (χ2v) is 9.64. The lowest BCUT2D eigenvalue weighted by molar-refractivity contribution is -0.143. The van der Waals surface area contributed by atoms with Crippen LogP contribution in [0.3, 0.4) is 0 Å². The van der Waals surface area contributed by atoms with Crippen molar-refractivity contribution in [2.24, 2.45) is 4.99 Å². The summed E-state index contributed by atoms with van der Waals surface area (Å²) < 4.78 is 19.5. The molecule has 8 heteroatoms. The minimum Gasteiger partial charge on any atom is -0.459 e. The first-order valence-electron chi connectivity index (χ1n) is 11.5. The van der Waals surface area contributed by atoms with Crippen LogP contribution in [0.5, 0.6) is 0 Å². The third-order valence-electron chi connectivity index (χ3n) is 5.70. The molecular weight excluding hydrogens is 465 g/mol. The van der Waals surface area contributed by atoms with Crippen molar-refractivity contribution in [3.8, 4) is 0 Å². The molecule has 0 fully saturated rings. The fraction of sp³-hybridized carbons (Fsp3) is 0.296. The van der Waals surface area contributed by atoms with Gasteiger partial charge < -0.3 is 15.0 Å². The zero-order valence-electron chi connectivity index (χ0n) is 20.2. The van der Waals surface area contributed by atoms with E-state index in [2.05, 4.69) is 10.3 Å². The summed E-state index contributed by atoms with van der Waals surface area (Å²) in [6.45, 7) is 7.52. The lowest BCUT2D eigenvalue weighted by Crippen LogP contribution is -2.38. The molecule has 2 heterocycles. The Morgan fingerprint density at radius 1 is 1.17 bits per heavy atom. The lowest BCUT2D eigenvalue weighted by Gasteiger charge is -2.36. The number of ether oxygens (including phenoxy) is 1. The molecule has 2 aliphatic rings. The largest absolute Gasteiger partial charge is 0.459 e. The van der Waals surface area contributed by atoms with Gasteiger partial charge in [-0.2, -0.15) is 0 Å². The molecule has 6 nitrogen and oxygen atoms in total. The Kier molecular flexibility index (Phi) is 7.40. The number of hydrogen-bond donors (Lipinski definition) is 1. The maximum absolute atomic E-state index is 13.9. The summed E-state index contributed by atoms with van der Waals surface area (Å²) in [4.78, 5) is 32.6. The van der Waals surface area contributed by atoms with Crippen molar-refractivity contribution >= 4 is 28.8 Å². The third-order valence-corrected chi connectivity index (χ3v) is 6.59. The number of carbonyl (C=O) groups is 2. The Labute approximate surface area is 209 Å². The van der Waals surface area contributed by atoms with Crippen molar-refractivity contribution in [1.82, 2.24) is 10.2 Å². The molecule has 2 aromatic rings. The number of fused-ring (bicyclic) bond motifs is 1. The van der Waals surface area contributed by atoms with Crippen molar-refractivity contribution in [1.29, 1.82) is 0 Å². The van der Waals surface area contributed by atoms with Crippen LogP contribution in [0.4, 0.5) is 4.39 Å². The highest BCUT2D eigenvalue weighted by Gasteiger charge is 2.41. The smallest absolute Gasteiger partial charge is 0.338 e. The predicted molar refractivity (Wildman–Crippen MR) is 136 cm³/mol. The monoisotopic (exact) mass is 493 g/mol. The molecule has 0 unspecified atom stereocenters. The number of nitrogens with zero attached hydrogens (tertiary/aromatic N) is 2. The minimum absolute atomic E-state index is 0.0638. The van der Waals surface area contributed by atoms with Crippen LogP contribution in [0.25, 0.3) is 0 Å². The van der Waals surface area contributed by atoms with Gasteiger partial charge in [0.15, 0.2) is 5.17 Å². The molecular formula is C27H28FN3O3S. The molecule has 182 valence electrons. The molecule has 0 aromatic heterocycles. The second-order valence-electron chi connectivity index (χ2n) is 8.81. The zero-order chi connectivity index (χ0) is 25.1. The number of amides is 1. The molecule has 1 N–H and O–H groups in total. The van der Waals surface area contributed by atoms with E-state index in [1.807, 2.05) is 62.3 Å². The number of benzene rings is 2. The normalized spacial score (nSPS) is 17.2. The van der Waals surface area contributed by atoms with Gasteiger partial charge in [-0.1, -0.05) is 59.8 Å². The summed E-state index contributed by atoms with van der Waals surface area (Å²) in [6, 6.07) is 13.8. The Balaban J connectivity index is 1.62. The molecule has 0 saturated carbocycles. The first-order chi connectivity index (χ1) is 16.7. The Morgan fingerprint density at radius 3 is 2.66 bits per heavy atom. The number of carbonyl (C=O) groups excluding carboxylic acids is 2. The van der Waals surface area contributed by atoms with Gasteiger partial charge in [0.2, 0.25) is 5.91 Å². The van der Waals surface area contributed by atoms with Crippen LogP contribution >= 0.6 is 11.8 Å². The number of thioether (sulfide) groups is 1. The van der Waals surface area contributed by atoms with Crippen LogP contribution in [0.15, 0.2) is 75.9 Å². The van der Waals surface area contributed by atoms with E-state index in [4.69, 9.17) is 4.74 Å². The van der Waals surface area contributed by atoms with E-state index in [0.717, 1.165) is 11.1 Å². The Bertz CT molecular complexity index is 1250. The van der Waals surface area contributed by atoms with E-state index < -0.39 is 12.0 Å². The van der Waals surface area contributed by atoms with Crippen LogP contribution in [-0.4, -0.2) is 28.0 Å². The number of allylic oxidation sites excluding steroid dienone is 1. The van der Waals surface area contributed by atoms with Gasteiger partial charge in [-0.05, 0) is 44.7 Å². The number of aliphatic imine (C=N–C) groups is 1. The summed E-state index contributed by atoms with van der Waals surface area (Å²) >= 11 is 1.41. The molecule has 1 amide bonds. The number of aryl methyl sites for hydroxylation is 1. The Morgan fingerprint density at radius 2 is 1.94 bits per heavy atom. The highest BCUT2D eigenvalue weighted by atomic mass is 32.2. The summed E-state index contributed by atoms with van der Waals surface area (Å²) in [7, 11) is 0. The highest BCUT2D eigenvalue weighted by Crippen LogP contribution is 2.45. The summed E-state index contributed by atoms with van der Waals surface area (Å²) in [5.74, 6) is -1.03. The number of nitrogens with one attached hydrogen (secondary N) is 1. The number of hydrogen-bond acceptors (Lipinski definition) is 6. The quantitative estimate of drug-likeness (QED) is 0.526. The molecule has 35 heavy (non-hydrogen) atoms. The van der Waals surface area contributed by atoms with Gasteiger partial charge in [-0.25, -0.2) is 14.2 Å².